The number of hydrogen-bond acceptors (Lipinski definition) is 8. The summed E-state index contributed by atoms with van der Waals surface area (Å²) in [5, 5.41) is 18.1. The van der Waals surface area contributed by atoms with Crippen LogP contribution in [-0.4, -0.2) is 74.4 Å². The largest absolute Gasteiger partial charge is 0.493 e. The lowest BCUT2D eigenvalue weighted by molar-refractivity contribution is 0.213. The lowest BCUT2D eigenvalue weighted by atomic mass is 10.00. The standard InChI is InChI=1S/C24H29N7O2S/c1-28-7-4-19(5-8-28)31-24(25-16-27-31)30-15-21-20-3-2-17(18-13-26-29(14-18)9-10-32)12-22(20)33-11-6-23(21)34-30/h2-3,12-14,16,19,32H,4-11,15H2,1H3. The summed E-state index contributed by atoms with van der Waals surface area (Å²) in [7, 11) is 2.18. The van der Waals surface area contributed by atoms with Crippen LogP contribution < -0.4 is 9.04 Å². The van der Waals surface area contributed by atoms with Crippen molar-refractivity contribution >= 4 is 23.5 Å². The van der Waals surface area contributed by atoms with E-state index in [-0.39, 0.29) is 6.61 Å². The molecule has 0 spiro atoms. The normalized spacial score (nSPS) is 19.2. The summed E-state index contributed by atoms with van der Waals surface area (Å²) in [4.78, 5) is 8.39. The SMILES string of the molecule is CN1CCC(n2ncnc2N2CC3=C(CCOc4cc(-c5cnn(CCO)c5)ccc43)S2)CC1. The molecule has 34 heavy (non-hydrogen) atoms. The Morgan fingerprint density at radius 1 is 1.18 bits per heavy atom. The Labute approximate surface area is 203 Å². The van der Waals surface area contributed by atoms with E-state index in [0.717, 1.165) is 67.3 Å². The van der Waals surface area contributed by atoms with Gasteiger partial charge in [0.05, 0.1) is 38.5 Å². The van der Waals surface area contributed by atoms with Crippen LogP contribution in [0, 0.1) is 0 Å². The Kier molecular flexibility index (Phi) is 5.80. The van der Waals surface area contributed by atoms with Gasteiger partial charge in [-0.2, -0.15) is 15.2 Å². The first-order valence-corrected chi connectivity index (χ1v) is 12.6. The number of hydrogen-bond donors (Lipinski definition) is 1. The number of fused-ring (bicyclic) bond motifs is 2. The Hall–Kier alpha value is -2.82. The molecule has 0 aliphatic carbocycles. The zero-order valence-corrected chi connectivity index (χ0v) is 20.1. The Bertz CT molecular complexity index is 1210. The highest BCUT2D eigenvalue weighted by Gasteiger charge is 2.32. The fourth-order valence-electron chi connectivity index (χ4n) is 4.98. The van der Waals surface area contributed by atoms with Crippen LogP contribution in [0.25, 0.3) is 16.7 Å². The predicted octanol–water partition coefficient (Wildman–Crippen LogP) is 3.06. The number of rotatable bonds is 5. The fraction of sp³-hybridized carbons (Fsp3) is 0.458. The second-order valence-corrected chi connectivity index (χ2v) is 10.2. The molecule has 0 radical (unpaired) electrons. The molecule has 9 nitrogen and oxygen atoms in total. The minimum Gasteiger partial charge on any atom is -0.493 e. The van der Waals surface area contributed by atoms with Crippen LogP contribution >= 0.6 is 11.9 Å². The first-order chi connectivity index (χ1) is 16.7. The minimum atomic E-state index is 0.0745. The summed E-state index contributed by atoms with van der Waals surface area (Å²) < 4.78 is 12.4. The Morgan fingerprint density at radius 3 is 2.91 bits per heavy atom. The molecule has 1 N–H and O–H groups in total. The highest BCUT2D eigenvalue weighted by molar-refractivity contribution is 8.04. The molecule has 1 aromatic carbocycles. The van der Waals surface area contributed by atoms with Crippen LogP contribution in [0.1, 0.15) is 30.9 Å². The van der Waals surface area contributed by atoms with Gasteiger partial charge in [-0.1, -0.05) is 12.1 Å². The monoisotopic (exact) mass is 479 g/mol. The van der Waals surface area contributed by atoms with E-state index in [2.05, 4.69) is 54.3 Å². The molecule has 0 unspecified atom stereocenters. The van der Waals surface area contributed by atoms with Crippen molar-refractivity contribution in [2.24, 2.45) is 0 Å². The summed E-state index contributed by atoms with van der Waals surface area (Å²) in [6.07, 6.45) is 8.58. The molecule has 0 atom stereocenters. The van der Waals surface area contributed by atoms with Crippen LogP contribution in [-0.2, 0) is 6.54 Å². The Balaban J connectivity index is 1.25. The molecule has 6 rings (SSSR count). The average Bonchev–Trinajstić information content (AvgIpc) is 3.58. The lowest BCUT2D eigenvalue weighted by Gasteiger charge is -2.30. The van der Waals surface area contributed by atoms with E-state index < -0.39 is 0 Å². The van der Waals surface area contributed by atoms with Crippen molar-refractivity contribution in [2.75, 3.05) is 44.2 Å². The highest BCUT2D eigenvalue weighted by Crippen LogP contribution is 2.47. The maximum absolute atomic E-state index is 9.16. The zero-order valence-electron chi connectivity index (χ0n) is 19.3. The van der Waals surface area contributed by atoms with Crippen molar-refractivity contribution in [3.8, 4) is 16.9 Å². The van der Waals surface area contributed by atoms with Gasteiger partial charge in [0.1, 0.15) is 12.1 Å². The number of benzene rings is 1. The van der Waals surface area contributed by atoms with Gasteiger partial charge >= 0.3 is 0 Å². The van der Waals surface area contributed by atoms with Crippen molar-refractivity contribution in [1.29, 1.82) is 0 Å². The molecule has 10 heteroatoms. The lowest BCUT2D eigenvalue weighted by Crippen LogP contribution is -2.33. The van der Waals surface area contributed by atoms with Crippen LogP contribution in [0.15, 0.2) is 41.8 Å². The van der Waals surface area contributed by atoms with Crippen LogP contribution in [0.2, 0.25) is 0 Å². The zero-order chi connectivity index (χ0) is 23.1. The van der Waals surface area contributed by atoms with Crippen molar-refractivity contribution in [3.05, 3.63) is 47.4 Å². The molecule has 3 aliphatic heterocycles. The minimum absolute atomic E-state index is 0.0745. The first-order valence-electron chi connectivity index (χ1n) is 11.9. The third kappa shape index (κ3) is 3.99. The van der Waals surface area contributed by atoms with Crippen molar-refractivity contribution < 1.29 is 9.84 Å². The number of piperidine rings is 1. The van der Waals surface area contributed by atoms with E-state index >= 15 is 0 Å². The molecule has 1 saturated heterocycles. The number of ether oxygens (including phenoxy) is 1. The quantitative estimate of drug-likeness (QED) is 0.559. The molecule has 3 aliphatic rings. The van der Waals surface area contributed by atoms with E-state index in [0.29, 0.717) is 19.2 Å². The molecule has 1 fully saturated rings. The van der Waals surface area contributed by atoms with Gasteiger partial charge < -0.3 is 14.7 Å². The number of aromatic nitrogens is 5. The van der Waals surface area contributed by atoms with Crippen LogP contribution in [0.3, 0.4) is 0 Å². The smallest absolute Gasteiger partial charge is 0.234 e. The summed E-state index contributed by atoms with van der Waals surface area (Å²) in [6.45, 7) is 4.20. The van der Waals surface area contributed by atoms with E-state index in [1.165, 1.54) is 10.5 Å². The van der Waals surface area contributed by atoms with E-state index in [4.69, 9.17) is 9.84 Å². The number of nitrogens with zero attached hydrogens (tertiary/aromatic N) is 7. The summed E-state index contributed by atoms with van der Waals surface area (Å²) in [5.41, 5.74) is 4.56. The topological polar surface area (TPSA) is 84.5 Å². The molecular weight excluding hydrogens is 450 g/mol. The first kappa shape index (κ1) is 21.7. The van der Waals surface area contributed by atoms with Gasteiger partial charge in [0, 0.05) is 28.6 Å². The van der Waals surface area contributed by atoms with Gasteiger partial charge in [-0.05, 0) is 62.1 Å². The fourth-order valence-corrected chi connectivity index (χ4v) is 6.11. The van der Waals surface area contributed by atoms with Gasteiger partial charge in [0.15, 0.2) is 0 Å². The third-order valence-corrected chi connectivity index (χ3v) is 8.04. The molecule has 0 bridgehead atoms. The van der Waals surface area contributed by atoms with Gasteiger partial charge in [-0.25, -0.2) is 4.68 Å². The van der Waals surface area contributed by atoms with E-state index in [9.17, 15) is 0 Å². The molecule has 3 aromatic rings. The van der Waals surface area contributed by atoms with Gasteiger partial charge in [0.2, 0.25) is 5.95 Å². The van der Waals surface area contributed by atoms with Crippen LogP contribution in [0.4, 0.5) is 5.95 Å². The average molecular weight is 480 g/mol. The Morgan fingerprint density at radius 2 is 2.06 bits per heavy atom. The number of aliphatic hydroxyl groups excluding tert-OH is 1. The number of likely N-dealkylation sites (tertiary alicyclic amines) is 1. The van der Waals surface area contributed by atoms with Crippen molar-refractivity contribution in [3.63, 3.8) is 0 Å². The molecular formula is C24H29N7O2S. The van der Waals surface area contributed by atoms with Gasteiger partial charge in [-0.3, -0.25) is 8.99 Å². The molecule has 0 amide bonds. The predicted molar refractivity (Wildman–Crippen MR) is 133 cm³/mol. The maximum atomic E-state index is 9.16. The maximum Gasteiger partial charge on any atom is 0.234 e. The number of anilines is 1. The molecule has 5 heterocycles. The second kappa shape index (κ2) is 9.09. The molecule has 0 saturated carbocycles. The van der Waals surface area contributed by atoms with E-state index in [1.54, 1.807) is 23.0 Å². The van der Waals surface area contributed by atoms with Crippen LogP contribution in [0.5, 0.6) is 5.75 Å². The van der Waals surface area contributed by atoms with Gasteiger partial charge in [0.25, 0.3) is 0 Å². The van der Waals surface area contributed by atoms with Gasteiger partial charge in [-0.15, -0.1) is 0 Å². The molecule has 178 valence electrons. The number of aliphatic hydroxyl groups is 1. The van der Waals surface area contributed by atoms with E-state index in [1.807, 2.05) is 12.4 Å². The summed E-state index contributed by atoms with van der Waals surface area (Å²) in [6, 6.07) is 6.81. The third-order valence-electron chi connectivity index (χ3n) is 6.86. The summed E-state index contributed by atoms with van der Waals surface area (Å²) in [5.74, 6) is 1.86. The molecule has 2 aromatic heterocycles. The van der Waals surface area contributed by atoms with Crippen molar-refractivity contribution in [1.82, 2.24) is 29.4 Å². The summed E-state index contributed by atoms with van der Waals surface area (Å²) >= 11 is 1.78. The highest BCUT2D eigenvalue weighted by atomic mass is 32.2. The second-order valence-electron chi connectivity index (χ2n) is 9.09. The van der Waals surface area contributed by atoms with Crippen molar-refractivity contribution in [2.45, 2.75) is 31.8 Å².